The number of rotatable bonds is 9. The van der Waals surface area contributed by atoms with Crippen molar-refractivity contribution in [2.45, 2.75) is 36.2 Å². The Morgan fingerprint density at radius 3 is 2.29 bits per heavy atom. The van der Waals surface area contributed by atoms with Crippen molar-refractivity contribution in [2.75, 3.05) is 47.3 Å². The maximum Gasteiger partial charge on any atom is 0.234 e. The smallest absolute Gasteiger partial charge is 0.234 e. The Labute approximate surface area is 241 Å². The fourth-order valence-electron chi connectivity index (χ4n) is 5.90. The van der Waals surface area contributed by atoms with E-state index in [9.17, 15) is 13.2 Å². The second-order valence-corrected chi connectivity index (χ2v) is 12.4. The van der Waals surface area contributed by atoms with Gasteiger partial charge in [0.1, 0.15) is 0 Å². The van der Waals surface area contributed by atoms with Crippen molar-refractivity contribution in [3.05, 3.63) is 76.9 Å². The number of hydrogen-bond acceptors (Lipinski definition) is 8. The van der Waals surface area contributed by atoms with Crippen LogP contribution in [-0.4, -0.2) is 66.5 Å². The standard InChI is InChI=1S/C31H36N2O7S/c1-37-26-12-9-20(16-27(26)38-2)15-25-23-17-28(39-3)29(40-4)18-30(23)41(35,36)14-13-33(25)19-31(34)32-24-11-10-21-7-5-6-8-22(21)24/h5-9,12,16-18,24-25H,10-11,13-15,19H2,1-4H3,(H,32,34). The van der Waals surface area contributed by atoms with Crippen molar-refractivity contribution in [3.8, 4) is 23.0 Å². The van der Waals surface area contributed by atoms with Crippen molar-refractivity contribution in [2.24, 2.45) is 0 Å². The first-order valence-electron chi connectivity index (χ1n) is 13.6. The van der Waals surface area contributed by atoms with Crippen molar-refractivity contribution in [3.63, 3.8) is 0 Å². The molecule has 0 spiro atoms. The van der Waals surface area contributed by atoms with Crippen molar-refractivity contribution in [1.29, 1.82) is 0 Å². The summed E-state index contributed by atoms with van der Waals surface area (Å²) in [5, 5.41) is 3.19. The number of fused-ring (bicyclic) bond motifs is 2. The van der Waals surface area contributed by atoms with Crippen LogP contribution in [-0.2, 0) is 27.5 Å². The summed E-state index contributed by atoms with van der Waals surface area (Å²) < 4.78 is 49.0. The fourth-order valence-corrected chi connectivity index (χ4v) is 7.43. The summed E-state index contributed by atoms with van der Waals surface area (Å²) in [5.41, 5.74) is 3.86. The van der Waals surface area contributed by atoms with Gasteiger partial charge in [0.25, 0.3) is 0 Å². The Morgan fingerprint density at radius 1 is 0.878 bits per heavy atom. The van der Waals surface area contributed by atoms with Gasteiger partial charge in [-0.2, -0.15) is 0 Å². The number of sulfone groups is 1. The number of nitrogens with zero attached hydrogens (tertiary/aromatic N) is 1. The molecule has 0 bridgehead atoms. The van der Waals surface area contributed by atoms with Gasteiger partial charge in [-0.1, -0.05) is 30.3 Å². The quantitative estimate of drug-likeness (QED) is 0.407. The number of methoxy groups -OCH3 is 4. The highest BCUT2D eigenvalue weighted by molar-refractivity contribution is 7.91. The molecule has 1 aliphatic carbocycles. The van der Waals surface area contributed by atoms with Gasteiger partial charge in [0.15, 0.2) is 32.8 Å². The van der Waals surface area contributed by atoms with E-state index in [-0.39, 0.29) is 35.7 Å². The summed E-state index contributed by atoms with van der Waals surface area (Å²) in [6, 6.07) is 16.5. The van der Waals surface area contributed by atoms with E-state index >= 15 is 0 Å². The molecule has 41 heavy (non-hydrogen) atoms. The molecule has 1 amide bonds. The van der Waals surface area contributed by atoms with Crippen LogP contribution in [0.3, 0.4) is 0 Å². The summed E-state index contributed by atoms with van der Waals surface area (Å²) in [5.74, 6) is 1.66. The summed E-state index contributed by atoms with van der Waals surface area (Å²) in [6.07, 6.45) is 2.19. The van der Waals surface area contributed by atoms with E-state index in [1.165, 1.54) is 25.8 Å². The molecule has 10 heteroatoms. The minimum atomic E-state index is -3.67. The zero-order valence-electron chi connectivity index (χ0n) is 23.8. The first kappa shape index (κ1) is 28.8. The molecule has 5 rings (SSSR count). The van der Waals surface area contributed by atoms with Gasteiger partial charge in [0.05, 0.1) is 51.7 Å². The predicted molar refractivity (Wildman–Crippen MR) is 155 cm³/mol. The van der Waals surface area contributed by atoms with Crippen LogP contribution in [0.4, 0.5) is 0 Å². The Kier molecular flexibility index (Phi) is 8.42. The van der Waals surface area contributed by atoms with E-state index in [1.54, 1.807) is 20.3 Å². The number of ether oxygens (including phenoxy) is 4. The summed E-state index contributed by atoms with van der Waals surface area (Å²) in [7, 11) is 2.48. The molecule has 218 valence electrons. The molecule has 2 aliphatic rings. The molecule has 0 fully saturated rings. The summed E-state index contributed by atoms with van der Waals surface area (Å²) in [4.78, 5) is 15.6. The largest absolute Gasteiger partial charge is 0.493 e. The van der Waals surface area contributed by atoms with E-state index < -0.39 is 15.9 Å². The molecule has 2 atom stereocenters. The molecule has 0 radical (unpaired) electrons. The monoisotopic (exact) mass is 580 g/mol. The van der Waals surface area contributed by atoms with Crippen LogP contribution in [0.15, 0.2) is 59.5 Å². The van der Waals surface area contributed by atoms with Crippen LogP contribution in [0, 0.1) is 0 Å². The molecule has 1 N–H and O–H groups in total. The molecule has 1 heterocycles. The van der Waals surface area contributed by atoms with Crippen molar-refractivity contribution < 1.29 is 32.2 Å². The van der Waals surface area contributed by atoms with Crippen LogP contribution in [0.1, 0.15) is 40.8 Å². The van der Waals surface area contributed by atoms with Gasteiger partial charge in [-0.25, -0.2) is 8.42 Å². The minimum absolute atomic E-state index is 0.0416. The lowest BCUT2D eigenvalue weighted by Crippen LogP contribution is -2.41. The molecule has 0 saturated carbocycles. The van der Waals surface area contributed by atoms with Crippen LogP contribution >= 0.6 is 0 Å². The lowest BCUT2D eigenvalue weighted by molar-refractivity contribution is -0.123. The van der Waals surface area contributed by atoms with Gasteiger partial charge in [-0.15, -0.1) is 0 Å². The predicted octanol–water partition coefficient (Wildman–Crippen LogP) is 3.90. The van der Waals surface area contributed by atoms with Gasteiger partial charge in [-0.3, -0.25) is 9.69 Å². The van der Waals surface area contributed by atoms with Gasteiger partial charge in [-0.05, 0) is 59.7 Å². The molecule has 9 nitrogen and oxygen atoms in total. The minimum Gasteiger partial charge on any atom is -0.493 e. The third-order valence-corrected chi connectivity index (χ3v) is 9.73. The lowest BCUT2D eigenvalue weighted by atomic mass is 9.96. The van der Waals surface area contributed by atoms with Gasteiger partial charge < -0.3 is 24.3 Å². The molecule has 0 aromatic heterocycles. The van der Waals surface area contributed by atoms with Crippen molar-refractivity contribution in [1.82, 2.24) is 10.2 Å². The first-order chi connectivity index (χ1) is 19.8. The summed E-state index contributed by atoms with van der Waals surface area (Å²) in [6.45, 7) is 0.230. The zero-order valence-corrected chi connectivity index (χ0v) is 24.6. The van der Waals surface area contributed by atoms with E-state index in [1.807, 2.05) is 35.2 Å². The van der Waals surface area contributed by atoms with Gasteiger partial charge >= 0.3 is 0 Å². The molecular weight excluding hydrogens is 544 g/mol. The molecule has 1 aliphatic heterocycles. The summed E-state index contributed by atoms with van der Waals surface area (Å²) >= 11 is 0. The van der Waals surface area contributed by atoms with Crippen LogP contribution in [0.2, 0.25) is 0 Å². The number of amides is 1. The maximum absolute atomic E-state index is 13.5. The molecule has 3 aromatic carbocycles. The fraction of sp³-hybridized carbons (Fsp3) is 0.387. The van der Waals surface area contributed by atoms with E-state index in [2.05, 4.69) is 17.4 Å². The SMILES string of the molecule is COc1ccc(CC2c3cc(OC)c(OC)cc3S(=O)(=O)CCN2CC(=O)NC2CCc3ccccc32)cc1OC. The van der Waals surface area contributed by atoms with Gasteiger partial charge in [0, 0.05) is 18.7 Å². The van der Waals surface area contributed by atoms with E-state index in [0.717, 1.165) is 24.0 Å². The van der Waals surface area contributed by atoms with Crippen LogP contribution in [0.25, 0.3) is 0 Å². The van der Waals surface area contributed by atoms with Gasteiger partial charge in [0.2, 0.25) is 5.91 Å². The number of aryl methyl sites for hydroxylation is 1. The highest BCUT2D eigenvalue weighted by Gasteiger charge is 2.36. The molecular formula is C31H36N2O7S. The molecule has 3 aromatic rings. The number of benzene rings is 3. The van der Waals surface area contributed by atoms with Crippen LogP contribution < -0.4 is 24.3 Å². The van der Waals surface area contributed by atoms with E-state index in [0.29, 0.717) is 35.0 Å². The number of hydrogen-bond donors (Lipinski definition) is 1. The molecule has 0 saturated heterocycles. The maximum atomic E-state index is 13.5. The Bertz CT molecular complexity index is 1540. The topological polar surface area (TPSA) is 103 Å². The normalized spacial score (nSPS) is 19.4. The zero-order chi connectivity index (χ0) is 29.1. The Morgan fingerprint density at radius 2 is 1.56 bits per heavy atom. The van der Waals surface area contributed by atoms with Crippen molar-refractivity contribution >= 4 is 15.7 Å². The molecule has 2 unspecified atom stereocenters. The average molecular weight is 581 g/mol. The van der Waals surface area contributed by atoms with Crippen LogP contribution in [0.5, 0.6) is 23.0 Å². The third kappa shape index (κ3) is 5.85. The first-order valence-corrected chi connectivity index (χ1v) is 15.2. The Hall–Kier alpha value is -3.76. The highest BCUT2D eigenvalue weighted by Crippen LogP contribution is 2.41. The number of carbonyl (C=O) groups is 1. The Balaban J connectivity index is 1.52. The second kappa shape index (κ2) is 12.0. The lowest BCUT2D eigenvalue weighted by Gasteiger charge is -2.31. The number of nitrogens with one attached hydrogen (secondary N) is 1. The third-order valence-electron chi connectivity index (χ3n) is 7.99. The second-order valence-electron chi connectivity index (χ2n) is 10.3. The number of carbonyl (C=O) groups excluding carboxylic acids is 1. The average Bonchev–Trinajstić information content (AvgIpc) is 3.35. The highest BCUT2D eigenvalue weighted by atomic mass is 32.2. The van der Waals surface area contributed by atoms with E-state index in [4.69, 9.17) is 18.9 Å².